The van der Waals surface area contributed by atoms with E-state index in [0.717, 1.165) is 12.0 Å². The van der Waals surface area contributed by atoms with Crippen LogP contribution in [0, 0.1) is 12.7 Å². The summed E-state index contributed by atoms with van der Waals surface area (Å²) >= 11 is 0. The largest absolute Gasteiger partial charge is 0.390 e. The predicted molar refractivity (Wildman–Crippen MR) is 113 cm³/mol. The van der Waals surface area contributed by atoms with Gasteiger partial charge in [0.1, 0.15) is 17.5 Å². The van der Waals surface area contributed by atoms with Crippen LogP contribution in [0.4, 0.5) is 4.39 Å². The van der Waals surface area contributed by atoms with Crippen molar-refractivity contribution in [3.05, 3.63) is 99.5 Å². The molecule has 3 heterocycles. The highest BCUT2D eigenvalue weighted by Crippen LogP contribution is 2.29. The van der Waals surface area contributed by atoms with Crippen molar-refractivity contribution in [2.24, 2.45) is 0 Å². The van der Waals surface area contributed by atoms with Gasteiger partial charge in [0.05, 0.1) is 30.6 Å². The summed E-state index contributed by atoms with van der Waals surface area (Å²) in [6, 6.07) is 14.6. The Hall–Kier alpha value is -3.52. The molecule has 0 saturated heterocycles. The summed E-state index contributed by atoms with van der Waals surface area (Å²) in [7, 11) is 0. The van der Waals surface area contributed by atoms with E-state index in [2.05, 4.69) is 10.1 Å². The standard InChI is InChI=1S/C23H22FN5O2/c1-15-25-18(14-30)13-27(15)12-17-7-8-19(11-20(17)24)29-23(31)28-21(9-10-22(28)26-29)16-5-3-2-4-6-16/h2-8,11,13,21,30H,9-10,12,14H2,1H3. The summed E-state index contributed by atoms with van der Waals surface area (Å²) in [6.45, 7) is 1.93. The van der Waals surface area contributed by atoms with E-state index in [1.165, 1.54) is 10.7 Å². The minimum Gasteiger partial charge on any atom is -0.390 e. The summed E-state index contributed by atoms with van der Waals surface area (Å²) in [4.78, 5) is 17.3. The first-order chi connectivity index (χ1) is 15.0. The normalized spacial score (nSPS) is 15.4. The Labute approximate surface area is 178 Å². The molecule has 2 aromatic heterocycles. The van der Waals surface area contributed by atoms with E-state index < -0.39 is 5.82 Å². The molecule has 1 aliphatic heterocycles. The molecule has 0 radical (unpaired) electrons. The molecule has 0 fully saturated rings. The number of aliphatic hydroxyl groups is 1. The average molecular weight is 419 g/mol. The van der Waals surface area contributed by atoms with Gasteiger partial charge in [0.25, 0.3) is 0 Å². The molecule has 7 nitrogen and oxygen atoms in total. The quantitative estimate of drug-likeness (QED) is 0.540. The van der Waals surface area contributed by atoms with E-state index in [0.29, 0.717) is 35.0 Å². The molecule has 0 amide bonds. The van der Waals surface area contributed by atoms with Crippen molar-refractivity contribution >= 4 is 0 Å². The summed E-state index contributed by atoms with van der Waals surface area (Å²) in [5.74, 6) is 0.992. The van der Waals surface area contributed by atoms with E-state index in [4.69, 9.17) is 0 Å². The second-order valence-corrected chi connectivity index (χ2v) is 7.79. The highest BCUT2D eigenvalue weighted by atomic mass is 19.1. The van der Waals surface area contributed by atoms with Gasteiger partial charge < -0.3 is 9.67 Å². The predicted octanol–water partition coefficient (Wildman–Crippen LogP) is 2.75. The number of aromatic nitrogens is 5. The van der Waals surface area contributed by atoms with Crippen LogP contribution in [-0.2, 0) is 19.6 Å². The van der Waals surface area contributed by atoms with E-state index >= 15 is 0 Å². The zero-order valence-corrected chi connectivity index (χ0v) is 17.1. The van der Waals surface area contributed by atoms with E-state index in [1.54, 1.807) is 34.4 Å². The number of halogens is 1. The number of hydrogen-bond acceptors (Lipinski definition) is 4. The van der Waals surface area contributed by atoms with E-state index in [9.17, 15) is 14.3 Å². The maximum atomic E-state index is 14.9. The van der Waals surface area contributed by atoms with Gasteiger partial charge in [0, 0.05) is 24.2 Å². The van der Waals surface area contributed by atoms with Crippen LogP contribution in [0.2, 0.25) is 0 Å². The number of benzene rings is 2. The fourth-order valence-corrected chi connectivity index (χ4v) is 4.25. The molecule has 31 heavy (non-hydrogen) atoms. The van der Waals surface area contributed by atoms with Crippen molar-refractivity contribution in [2.75, 3.05) is 0 Å². The highest BCUT2D eigenvalue weighted by molar-refractivity contribution is 5.36. The van der Waals surface area contributed by atoms with Crippen molar-refractivity contribution in [1.82, 2.24) is 23.9 Å². The average Bonchev–Trinajstić information content (AvgIpc) is 3.45. The molecule has 0 aliphatic carbocycles. The minimum atomic E-state index is -0.421. The first kappa shape index (κ1) is 19.4. The highest BCUT2D eigenvalue weighted by Gasteiger charge is 2.29. The van der Waals surface area contributed by atoms with E-state index in [-0.39, 0.29) is 24.9 Å². The molecule has 1 atom stereocenters. The molecule has 0 saturated carbocycles. The van der Waals surface area contributed by atoms with Gasteiger partial charge in [0.2, 0.25) is 0 Å². The first-order valence-electron chi connectivity index (χ1n) is 10.2. The molecule has 1 unspecified atom stereocenters. The molecule has 2 aromatic carbocycles. The molecule has 8 heteroatoms. The third kappa shape index (κ3) is 3.38. The molecule has 1 N–H and O–H groups in total. The number of imidazole rings is 1. The van der Waals surface area contributed by atoms with Crippen molar-refractivity contribution < 1.29 is 9.50 Å². The zero-order chi connectivity index (χ0) is 21.5. The Morgan fingerprint density at radius 3 is 2.71 bits per heavy atom. The maximum absolute atomic E-state index is 14.9. The monoisotopic (exact) mass is 419 g/mol. The van der Waals surface area contributed by atoms with Gasteiger partial charge in [-0.25, -0.2) is 14.2 Å². The van der Waals surface area contributed by atoms with Crippen LogP contribution in [0.5, 0.6) is 0 Å². The number of fused-ring (bicyclic) bond motifs is 1. The van der Waals surface area contributed by atoms with Gasteiger partial charge in [-0.05, 0) is 25.0 Å². The third-order valence-electron chi connectivity index (χ3n) is 5.83. The number of aryl methyl sites for hydroxylation is 2. The minimum absolute atomic E-state index is 0.0495. The number of hydrogen-bond donors (Lipinski definition) is 1. The van der Waals surface area contributed by atoms with Crippen LogP contribution >= 0.6 is 0 Å². The van der Waals surface area contributed by atoms with Gasteiger partial charge in [-0.3, -0.25) is 4.57 Å². The van der Waals surface area contributed by atoms with Gasteiger partial charge in [0.15, 0.2) is 0 Å². The van der Waals surface area contributed by atoms with Crippen molar-refractivity contribution in [3.63, 3.8) is 0 Å². The Kier molecular flexibility index (Phi) is 4.78. The van der Waals surface area contributed by atoms with Crippen LogP contribution in [0.3, 0.4) is 0 Å². The molecule has 158 valence electrons. The molecule has 0 bridgehead atoms. The fourth-order valence-electron chi connectivity index (χ4n) is 4.25. The van der Waals surface area contributed by atoms with Gasteiger partial charge in [-0.1, -0.05) is 36.4 Å². The number of aliphatic hydroxyl groups excluding tert-OH is 1. The molecule has 1 aliphatic rings. The number of nitrogens with zero attached hydrogens (tertiary/aromatic N) is 5. The topological polar surface area (TPSA) is 77.9 Å². The Morgan fingerprint density at radius 2 is 2.00 bits per heavy atom. The van der Waals surface area contributed by atoms with Crippen LogP contribution < -0.4 is 5.69 Å². The Morgan fingerprint density at radius 1 is 1.19 bits per heavy atom. The molecular weight excluding hydrogens is 397 g/mol. The Bertz CT molecular complexity index is 1310. The second kappa shape index (κ2) is 7.63. The smallest absolute Gasteiger partial charge is 0.351 e. The summed E-state index contributed by atoms with van der Waals surface area (Å²) < 4.78 is 19.7. The van der Waals surface area contributed by atoms with Gasteiger partial charge >= 0.3 is 5.69 Å². The molecule has 4 aromatic rings. The first-order valence-corrected chi connectivity index (χ1v) is 10.2. The lowest BCUT2D eigenvalue weighted by Gasteiger charge is -2.12. The van der Waals surface area contributed by atoms with Crippen LogP contribution in [0.1, 0.15) is 40.9 Å². The molecular formula is C23H22FN5O2. The van der Waals surface area contributed by atoms with E-state index in [1.807, 2.05) is 30.3 Å². The molecule has 5 rings (SSSR count). The SMILES string of the molecule is Cc1nc(CO)cn1Cc1ccc(-n2nc3n(c2=O)C(c2ccccc2)CC3)cc1F. The van der Waals surface area contributed by atoms with Crippen molar-refractivity contribution in [2.45, 2.75) is 39.0 Å². The third-order valence-corrected chi connectivity index (χ3v) is 5.83. The lowest BCUT2D eigenvalue weighted by Crippen LogP contribution is -2.26. The van der Waals surface area contributed by atoms with Gasteiger partial charge in [-0.15, -0.1) is 5.10 Å². The molecule has 0 spiro atoms. The van der Waals surface area contributed by atoms with Gasteiger partial charge in [-0.2, -0.15) is 4.68 Å². The maximum Gasteiger partial charge on any atom is 0.351 e. The Balaban J connectivity index is 1.46. The summed E-state index contributed by atoms with van der Waals surface area (Å²) in [5, 5.41) is 13.7. The zero-order valence-electron chi connectivity index (χ0n) is 17.1. The number of rotatable bonds is 5. The van der Waals surface area contributed by atoms with Crippen LogP contribution in [0.25, 0.3) is 5.69 Å². The lowest BCUT2D eigenvalue weighted by molar-refractivity contribution is 0.277. The van der Waals surface area contributed by atoms with Crippen molar-refractivity contribution in [3.8, 4) is 5.69 Å². The summed E-state index contributed by atoms with van der Waals surface area (Å²) in [6.07, 6.45) is 3.24. The second-order valence-electron chi connectivity index (χ2n) is 7.79. The van der Waals surface area contributed by atoms with Crippen molar-refractivity contribution in [1.29, 1.82) is 0 Å². The van der Waals surface area contributed by atoms with Crippen LogP contribution in [-0.4, -0.2) is 29.0 Å². The fraction of sp³-hybridized carbons (Fsp3) is 0.261. The van der Waals surface area contributed by atoms with Crippen LogP contribution in [0.15, 0.2) is 59.5 Å². The summed E-state index contributed by atoms with van der Waals surface area (Å²) in [5.41, 5.74) is 2.23. The lowest BCUT2D eigenvalue weighted by atomic mass is 10.1.